The Morgan fingerprint density at radius 1 is 1.40 bits per heavy atom. The second kappa shape index (κ2) is 5.33. The third kappa shape index (κ3) is 2.83. The van der Waals surface area contributed by atoms with E-state index in [-0.39, 0.29) is 6.61 Å². The SMILES string of the molecule is OCC1CCCCCN1Cc1ccco1. The summed E-state index contributed by atoms with van der Waals surface area (Å²) < 4.78 is 5.35. The molecule has 0 aliphatic carbocycles. The average Bonchev–Trinajstić information content (AvgIpc) is 2.64. The first kappa shape index (κ1) is 10.7. The number of likely N-dealkylation sites (tertiary alicyclic amines) is 1. The Morgan fingerprint density at radius 2 is 2.33 bits per heavy atom. The summed E-state index contributed by atoms with van der Waals surface area (Å²) in [5.41, 5.74) is 0. The molecular formula is C12H19NO2. The number of aliphatic hydroxyl groups is 1. The minimum atomic E-state index is 0.265. The van der Waals surface area contributed by atoms with Crippen molar-refractivity contribution in [1.82, 2.24) is 4.90 Å². The van der Waals surface area contributed by atoms with Crippen LogP contribution < -0.4 is 0 Å². The van der Waals surface area contributed by atoms with E-state index in [2.05, 4.69) is 4.90 Å². The molecule has 2 heterocycles. The Balaban J connectivity index is 1.97. The Bertz CT molecular complexity index is 271. The van der Waals surface area contributed by atoms with Gasteiger partial charge in [-0.1, -0.05) is 12.8 Å². The maximum Gasteiger partial charge on any atom is 0.117 e. The van der Waals surface area contributed by atoms with Gasteiger partial charge in [0.15, 0.2) is 0 Å². The third-order valence-corrected chi connectivity index (χ3v) is 3.15. The van der Waals surface area contributed by atoms with E-state index in [1.165, 1.54) is 19.3 Å². The minimum absolute atomic E-state index is 0.265. The van der Waals surface area contributed by atoms with Crippen LogP contribution in [0.3, 0.4) is 0 Å². The van der Waals surface area contributed by atoms with Gasteiger partial charge in [-0.25, -0.2) is 0 Å². The molecule has 0 bridgehead atoms. The molecule has 1 aromatic rings. The van der Waals surface area contributed by atoms with E-state index < -0.39 is 0 Å². The van der Waals surface area contributed by atoms with Crippen LogP contribution in [0.4, 0.5) is 0 Å². The van der Waals surface area contributed by atoms with Crippen molar-refractivity contribution in [2.24, 2.45) is 0 Å². The molecule has 3 nitrogen and oxygen atoms in total. The second-order valence-corrected chi connectivity index (χ2v) is 4.24. The second-order valence-electron chi connectivity index (χ2n) is 4.24. The average molecular weight is 209 g/mol. The van der Waals surface area contributed by atoms with Crippen molar-refractivity contribution in [1.29, 1.82) is 0 Å². The Kier molecular flexibility index (Phi) is 3.80. The largest absolute Gasteiger partial charge is 0.468 e. The highest BCUT2D eigenvalue weighted by molar-refractivity contribution is 4.98. The fourth-order valence-corrected chi connectivity index (χ4v) is 2.25. The van der Waals surface area contributed by atoms with Crippen LogP contribution in [-0.2, 0) is 6.54 Å². The van der Waals surface area contributed by atoms with Gasteiger partial charge in [0.25, 0.3) is 0 Å². The number of hydrogen-bond donors (Lipinski definition) is 1. The van der Waals surface area contributed by atoms with Crippen LogP contribution in [0.1, 0.15) is 31.4 Å². The number of rotatable bonds is 3. The predicted octanol–water partition coefficient (Wildman–Crippen LogP) is 2.02. The van der Waals surface area contributed by atoms with Crippen LogP contribution in [-0.4, -0.2) is 29.2 Å². The zero-order valence-corrected chi connectivity index (χ0v) is 9.06. The van der Waals surface area contributed by atoms with Gasteiger partial charge >= 0.3 is 0 Å². The van der Waals surface area contributed by atoms with Crippen LogP contribution in [0.2, 0.25) is 0 Å². The summed E-state index contributed by atoms with van der Waals surface area (Å²) >= 11 is 0. The predicted molar refractivity (Wildman–Crippen MR) is 58.5 cm³/mol. The molecule has 15 heavy (non-hydrogen) atoms. The molecule has 3 heteroatoms. The van der Waals surface area contributed by atoms with Gasteiger partial charge in [0.05, 0.1) is 19.4 Å². The third-order valence-electron chi connectivity index (χ3n) is 3.15. The Hall–Kier alpha value is -0.800. The highest BCUT2D eigenvalue weighted by Crippen LogP contribution is 2.19. The molecule has 1 aromatic heterocycles. The van der Waals surface area contributed by atoms with E-state index in [1.54, 1.807) is 6.26 Å². The summed E-state index contributed by atoms with van der Waals surface area (Å²) in [7, 11) is 0. The van der Waals surface area contributed by atoms with Gasteiger partial charge < -0.3 is 9.52 Å². The summed E-state index contributed by atoms with van der Waals surface area (Å²) in [6, 6.07) is 4.23. The van der Waals surface area contributed by atoms with Crippen molar-refractivity contribution in [2.45, 2.75) is 38.3 Å². The van der Waals surface area contributed by atoms with E-state index in [0.717, 1.165) is 25.3 Å². The fourth-order valence-electron chi connectivity index (χ4n) is 2.25. The molecule has 1 saturated heterocycles. The lowest BCUT2D eigenvalue weighted by atomic mass is 10.1. The molecular weight excluding hydrogens is 190 g/mol. The zero-order valence-electron chi connectivity index (χ0n) is 9.06. The van der Waals surface area contributed by atoms with Crippen molar-refractivity contribution in [3.8, 4) is 0 Å². The maximum absolute atomic E-state index is 9.34. The molecule has 1 aliphatic heterocycles. The molecule has 84 valence electrons. The van der Waals surface area contributed by atoms with Crippen molar-refractivity contribution in [3.63, 3.8) is 0 Å². The fraction of sp³-hybridized carbons (Fsp3) is 0.667. The standard InChI is InChI=1S/C12H19NO2/c14-10-11-5-2-1-3-7-13(11)9-12-6-4-8-15-12/h4,6,8,11,14H,1-3,5,7,9-10H2. The lowest BCUT2D eigenvalue weighted by Crippen LogP contribution is -2.36. The van der Waals surface area contributed by atoms with Gasteiger partial charge in [-0.3, -0.25) is 4.90 Å². The number of nitrogens with zero attached hydrogens (tertiary/aromatic N) is 1. The number of aliphatic hydroxyl groups excluding tert-OH is 1. The quantitative estimate of drug-likeness (QED) is 0.827. The molecule has 1 fully saturated rings. The molecule has 0 amide bonds. The monoisotopic (exact) mass is 209 g/mol. The van der Waals surface area contributed by atoms with Gasteiger partial charge in [-0.05, 0) is 31.5 Å². The van der Waals surface area contributed by atoms with E-state index in [9.17, 15) is 5.11 Å². The maximum atomic E-state index is 9.34. The van der Waals surface area contributed by atoms with E-state index in [4.69, 9.17) is 4.42 Å². The number of furan rings is 1. The minimum Gasteiger partial charge on any atom is -0.468 e. The van der Waals surface area contributed by atoms with Crippen molar-refractivity contribution >= 4 is 0 Å². The lowest BCUT2D eigenvalue weighted by Gasteiger charge is -2.27. The number of hydrogen-bond acceptors (Lipinski definition) is 3. The highest BCUT2D eigenvalue weighted by Gasteiger charge is 2.20. The first-order valence-corrected chi connectivity index (χ1v) is 5.77. The Labute approximate surface area is 90.7 Å². The summed E-state index contributed by atoms with van der Waals surface area (Å²) in [5, 5.41) is 9.34. The van der Waals surface area contributed by atoms with Gasteiger partial charge in [-0.15, -0.1) is 0 Å². The van der Waals surface area contributed by atoms with Crippen molar-refractivity contribution < 1.29 is 9.52 Å². The van der Waals surface area contributed by atoms with Crippen LogP contribution in [0.15, 0.2) is 22.8 Å². The van der Waals surface area contributed by atoms with E-state index in [0.29, 0.717) is 6.04 Å². The molecule has 1 aliphatic rings. The molecule has 0 radical (unpaired) electrons. The molecule has 2 rings (SSSR count). The summed E-state index contributed by atoms with van der Waals surface area (Å²) in [6.07, 6.45) is 6.57. The molecule has 0 aromatic carbocycles. The summed E-state index contributed by atoms with van der Waals surface area (Å²) in [5.74, 6) is 0.996. The van der Waals surface area contributed by atoms with Crippen LogP contribution in [0.5, 0.6) is 0 Å². The first-order valence-electron chi connectivity index (χ1n) is 5.77. The molecule has 0 spiro atoms. The molecule has 1 N–H and O–H groups in total. The lowest BCUT2D eigenvalue weighted by molar-refractivity contribution is 0.112. The highest BCUT2D eigenvalue weighted by atomic mass is 16.3. The summed E-state index contributed by atoms with van der Waals surface area (Å²) in [4.78, 5) is 2.34. The summed E-state index contributed by atoms with van der Waals surface area (Å²) in [6.45, 7) is 2.17. The van der Waals surface area contributed by atoms with Gasteiger partial charge in [0.1, 0.15) is 5.76 Å². The van der Waals surface area contributed by atoms with Crippen LogP contribution in [0, 0.1) is 0 Å². The van der Waals surface area contributed by atoms with E-state index >= 15 is 0 Å². The normalized spacial score (nSPS) is 23.9. The first-order chi connectivity index (χ1) is 7.40. The molecule has 1 unspecified atom stereocenters. The van der Waals surface area contributed by atoms with E-state index in [1.807, 2.05) is 12.1 Å². The van der Waals surface area contributed by atoms with Crippen LogP contribution >= 0.6 is 0 Å². The Morgan fingerprint density at radius 3 is 3.07 bits per heavy atom. The zero-order chi connectivity index (χ0) is 10.5. The smallest absolute Gasteiger partial charge is 0.117 e. The van der Waals surface area contributed by atoms with Gasteiger partial charge in [-0.2, -0.15) is 0 Å². The van der Waals surface area contributed by atoms with Gasteiger partial charge in [0.2, 0.25) is 0 Å². The molecule has 1 atom stereocenters. The van der Waals surface area contributed by atoms with Crippen molar-refractivity contribution in [3.05, 3.63) is 24.2 Å². The van der Waals surface area contributed by atoms with Crippen LogP contribution in [0.25, 0.3) is 0 Å². The van der Waals surface area contributed by atoms with Gasteiger partial charge in [0, 0.05) is 6.04 Å². The molecule has 0 saturated carbocycles. The topological polar surface area (TPSA) is 36.6 Å². The van der Waals surface area contributed by atoms with Crippen molar-refractivity contribution in [2.75, 3.05) is 13.2 Å².